The maximum atomic E-state index is 3.47. The molecular weight excluding hydrogens is 238 g/mol. The van der Waals surface area contributed by atoms with E-state index in [1.807, 2.05) is 0 Å². The van der Waals surface area contributed by atoms with Crippen LogP contribution in [0.3, 0.4) is 0 Å². The zero-order valence-corrected chi connectivity index (χ0v) is 10.5. The molecule has 0 bridgehead atoms. The van der Waals surface area contributed by atoms with Crippen LogP contribution in [0.15, 0.2) is 28.7 Å². The first kappa shape index (κ1) is 11.7. The number of halogens is 1. The number of hydrogen-bond donors (Lipinski definition) is 1. The molecule has 1 N–H and O–H groups in total. The van der Waals surface area contributed by atoms with E-state index in [2.05, 4.69) is 59.4 Å². The van der Waals surface area contributed by atoms with E-state index >= 15 is 0 Å². The topological polar surface area (TPSA) is 12.0 Å². The predicted molar refractivity (Wildman–Crippen MR) is 65.3 cm³/mol. The first-order valence-electron chi connectivity index (χ1n) is 5.13. The maximum absolute atomic E-state index is 3.47. The average Bonchev–Trinajstić information content (AvgIpc) is 2.12. The van der Waals surface area contributed by atoms with Gasteiger partial charge >= 0.3 is 0 Å². The predicted octanol–water partition coefficient (Wildman–Crippen LogP) is 3.58. The molecular formula is C12H18BrN. The van der Waals surface area contributed by atoms with Crippen LogP contribution in [0.1, 0.15) is 25.8 Å². The normalized spacial score (nSPS) is 10.9. The molecule has 0 amide bonds. The van der Waals surface area contributed by atoms with E-state index in [0.29, 0.717) is 0 Å². The monoisotopic (exact) mass is 255 g/mol. The lowest BCUT2D eigenvalue weighted by molar-refractivity contribution is 0.537. The highest BCUT2D eigenvalue weighted by Crippen LogP contribution is 2.11. The summed E-state index contributed by atoms with van der Waals surface area (Å²) >= 11 is 3.47. The fourth-order valence-corrected chi connectivity index (χ4v) is 1.72. The Morgan fingerprint density at radius 2 is 2.14 bits per heavy atom. The molecule has 2 heteroatoms. The quantitative estimate of drug-likeness (QED) is 0.794. The van der Waals surface area contributed by atoms with E-state index in [-0.39, 0.29) is 0 Å². The Hall–Kier alpha value is -0.340. The van der Waals surface area contributed by atoms with Crippen LogP contribution < -0.4 is 5.32 Å². The summed E-state index contributed by atoms with van der Waals surface area (Å²) in [5.41, 5.74) is 1.34. The van der Waals surface area contributed by atoms with Gasteiger partial charge in [0.2, 0.25) is 0 Å². The zero-order chi connectivity index (χ0) is 10.4. The van der Waals surface area contributed by atoms with Gasteiger partial charge < -0.3 is 5.32 Å². The Labute approximate surface area is 95.0 Å². The Kier molecular flexibility index (Phi) is 5.20. The molecule has 0 aliphatic rings. The van der Waals surface area contributed by atoms with Gasteiger partial charge in [0.1, 0.15) is 0 Å². The molecule has 1 nitrogen and oxygen atoms in total. The molecule has 0 spiro atoms. The minimum absolute atomic E-state index is 0.782. The van der Waals surface area contributed by atoms with Crippen molar-refractivity contribution in [3.8, 4) is 0 Å². The molecule has 78 valence electrons. The lowest BCUT2D eigenvalue weighted by Crippen LogP contribution is -2.16. The molecule has 1 rings (SSSR count). The van der Waals surface area contributed by atoms with Crippen molar-refractivity contribution in [3.63, 3.8) is 0 Å². The minimum atomic E-state index is 0.782. The van der Waals surface area contributed by atoms with Crippen molar-refractivity contribution >= 4 is 15.9 Å². The molecule has 0 saturated heterocycles. The smallest absolute Gasteiger partial charge is 0.0205 e. The number of nitrogens with one attached hydrogen (secondary N) is 1. The molecule has 0 saturated carbocycles. The van der Waals surface area contributed by atoms with Crippen molar-refractivity contribution in [1.82, 2.24) is 5.32 Å². The number of benzene rings is 1. The first-order chi connectivity index (χ1) is 6.68. The first-order valence-corrected chi connectivity index (χ1v) is 5.93. The summed E-state index contributed by atoms with van der Waals surface area (Å²) in [4.78, 5) is 0. The molecule has 0 radical (unpaired) electrons. The van der Waals surface area contributed by atoms with Crippen molar-refractivity contribution in [2.45, 2.75) is 26.8 Å². The highest BCUT2D eigenvalue weighted by Gasteiger charge is 1.95. The number of hydrogen-bond acceptors (Lipinski definition) is 1. The largest absolute Gasteiger partial charge is 0.313 e. The molecule has 1 aromatic rings. The summed E-state index contributed by atoms with van der Waals surface area (Å²) in [5, 5.41) is 3.44. The fraction of sp³-hybridized carbons (Fsp3) is 0.500. The van der Waals surface area contributed by atoms with Gasteiger partial charge in [-0.25, -0.2) is 0 Å². The molecule has 0 heterocycles. The lowest BCUT2D eigenvalue weighted by Gasteiger charge is -2.07. The Morgan fingerprint density at radius 3 is 2.79 bits per heavy atom. The van der Waals surface area contributed by atoms with E-state index in [9.17, 15) is 0 Å². The fourth-order valence-electron chi connectivity index (χ4n) is 1.27. The van der Waals surface area contributed by atoms with Crippen molar-refractivity contribution < 1.29 is 0 Å². The molecule has 0 aromatic heterocycles. The molecule has 14 heavy (non-hydrogen) atoms. The third-order valence-electron chi connectivity index (χ3n) is 2.12. The van der Waals surface area contributed by atoms with E-state index in [0.717, 1.165) is 23.5 Å². The molecule has 0 aliphatic heterocycles. The van der Waals surface area contributed by atoms with Gasteiger partial charge in [0.25, 0.3) is 0 Å². The van der Waals surface area contributed by atoms with Crippen LogP contribution in [0.2, 0.25) is 0 Å². The summed E-state index contributed by atoms with van der Waals surface area (Å²) in [5.74, 6) is 0.782. The zero-order valence-electron chi connectivity index (χ0n) is 8.89. The second-order valence-corrected chi connectivity index (χ2v) is 4.90. The average molecular weight is 256 g/mol. The second kappa shape index (κ2) is 6.20. The Bertz CT molecular complexity index is 271. The molecule has 0 fully saturated rings. The molecule has 0 unspecified atom stereocenters. The standard InChI is InChI=1S/C12H18BrN/c1-10(2)6-7-14-9-11-4-3-5-12(13)8-11/h3-5,8,10,14H,6-7,9H2,1-2H3. The summed E-state index contributed by atoms with van der Waals surface area (Å²) in [6, 6.07) is 8.43. The number of rotatable bonds is 5. The second-order valence-electron chi connectivity index (χ2n) is 3.99. The Morgan fingerprint density at radius 1 is 1.36 bits per heavy atom. The van der Waals surface area contributed by atoms with Crippen molar-refractivity contribution in [2.75, 3.05) is 6.54 Å². The van der Waals surface area contributed by atoms with E-state index in [4.69, 9.17) is 0 Å². The summed E-state index contributed by atoms with van der Waals surface area (Å²) in [6.07, 6.45) is 1.24. The summed E-state index contributed by atoms with van der Waals surface area (Å²) in [6.45, 7) is 6.57. The van der Waals surface area contributed by atoms with Crippen molar-refractivity contribution in [1.29, 1.82) is 0 Å². The van der Waals surface area contributed by atoms with Gasteiger partial charge in [-0.15, -0.1) is 0 Å². The van der Waals surface area contributed by atoms with Gasteiger partial charge in [0.15, 0.2) is 0 Å². The van der Waals surface area contributed by atoms with Crippen LogP contribution in [0.4, 0.5) is 0 Å². The van der Waals surface area contributed by atoms with Crippen LogP contribution in [0, 0.1) is 5.92 Å². The lowest BCUT2D eigenvalue weighted by atomic mass is 10.1. The highest BCUT2D eigenvalue weighted by molar-refractivity contribution is 9.10. The van der Waals surface area contributed by atoms with Gasteiger partial charge in [0.05, 0.1) is 0 Å². The van der Waals surface area contributed by atoms with Gasteiger partial charge in [-0.1, -0.05) is 41.9 Å². The van der Waals surface area contributed by atoms with Gasteiger partial charge in [-0.05, 0) is 36.6 Å². The molecule has 1 aromatic carbocycles. The minimum Gasteiger partial charge on any atom is -0.313 e. The van der Waals surface area contributed by atoms with Gasteiger partial charge in [-0.2, -0.15) is 0 Å². The Balaban J connectivity index is 2.25. The van der Waals surface area contributed by atoms with Crippen LogP contribution in [0.25, 0.3) is 0 Å². The van der Waals surface area contributed by atoms with Crippen LogP contribution in [-0.2, 0) is 6.54 Å². The van der Waals surface area contributed by atoms with E-state index in [1.165, 1.54) is 12.0 Å². The molecule has 0 atom stereocenters. The van der Waals surface area contributed by atoms with Gasteiger partial charge in [-0.3, -0.25) is 0 Å². The third kappa shape index (κ3) is 4.77. The van der Waals surface area contributed by atoms with E-state index < -0.39 is 0 Å². The van der Waals surface area contributed by atoms with Gasteiger partial charge in [0, 0.05) is 11.0 Å². The SMILES string of the molecule is CC(C)CCNCc1cccc(Br)c1. The van der Waals surface area contributed by atoms with Crippen molar-refractivity contribution in [2.24, 2.45) is 5.92 Å². The van der Waals surface area contributed by atoms with Crippen LogP contribution >= 0.6 is 15.9 Å². The van der Waals surface area contributed by atoms with Crippen LogP contribution in [0.5, 0.6) is 0 Å². The van der Waals surface area contributed by atoms with Crippen LogP contribution in [-0.4, -0.2) is 6.54 Å². The third-order valence-corrected chi connectivity index (χ3v) is 2.61. The summed E-state index contributed by atoms with van der Waals surface area (Å²) < 4.78 is 1.15. The maximum Gasteiger partial charge on any atom is 0.0205 e. The van der Waals surface area contributed by atoms with Crippen molar-refractivity contribution in [3.05, 3.63) is 34.3 Å². The van der Waals surface area contributed by atoms with E-state index in [1.54, 1.807) is 0 Å². The summed E-state index contributed by atoms with van der Waals surface area (Å²) in [7, 11) is 0. The highest BCUT2D eigenvalue weighted by atomic mass is 79.9. The molecule has 0 aliphatic carbocycles.